The Morgan fingerprint density at radius 2 is 1.73 bits per heavy atom. The first-order valence-electron chi connectivity index (χ1n) is 7.05. The number of nitrogens with one attached hydrogen (secondary N) is 2. The molecule has 2 rings (SSSR count). The molecule has 0 atom stereocenters. The summed E-state index contributed by atoms with van der Waals surface area (Å²) in [5.74, 6) is 0.723. The van der Waals surface area contributed by atoms with Crippen LogP contribution in [-0.4, -0.2) is 19.2 Å². The Morgan fingerprint density at radius 3 is 2.36 bits per heavy atom. The number of hydrogen-bond acceptors (Lipinski definition) is 2. The van der Waals surface area contributed by atoms with E-state index in [0.717, 1.165) is 22.6 Å². The lowest BCUT2D eigenvalue weighted by atomic mass is 10.1. The van der Waals surface area contributed by atoms with Crippen molar-refractivity contribution in [1.29, 1.82) is 0 Å². The third-order valence-corrected chi connectivity index (χ3v) is 3.44. The Kier molecular flexibility index (Phi) is 5.67. The van der Waals surface area contributed by atoms with E-state index in [1.165, 1.54) is 0 Å². The Labute approximate surface area is 135 Å². The van der Waals surface area contributed by atoms with Gasteiger partial charge in [-0.25, -0.2) is 4.79 Å². The summed E-state index contributed by atoms with van der Waals surface area (Å²) in [6.07, 6.45) is 0. The summed E-state index contributed by atoms with van der Waals surface area (Å²) >= 11 is 5.80. The van der Waals surface area contributed by atoms with Crippen molar-refractivity contribution in [2.24, 2.45) is 0 Å². The highest BCUT2D eigenvalue weighted by Gasteiger charge is 2.06. The fraction of sp³-hybridized carbons (Fsp3) is 0.235. The van der Waals surface area contributed by atoms with Gasteiger partial charge in [-0.2, -0.15) is 0 Å². The molecule has 2 aromatic rings. The zero-order chi connectivity index (χ0) is 15.9. The average molecular weight is 319 g/mol. The molecule has 2 amide bonds. The van der Waals surface area contributed by atoms with Crippen LogP contribution >= 0.6 is 11.6 Å². The lowest BCUT2D eigenvalue weighted by Gasteiger charge is -2.12. The minimum absolute atomic E-state index is 0.239. The maximum Gasteiger partial charge on any atom is 0.319 e. The van der Waals surface area contributed by atoms with E-state index in [-0.39, 0.29) is 6.03 Å². The van der Waals surface area contributed by atoms with E-state index < -0.39 is 0 Å². The normalized spacial score (nSPS) is 10.1. The van der Waals surface area contributed by atoms with Crippen LogP contribution in [0, 0.1) is 13.8 Å². The molecule has 22 heavy (non-hydrogen) atoms. The van der Waals surface area contributed by atoms with E-state index >= 15 is 0 Å². The van der Waals surface area contributed by atoms with E-state index in [2.05, 4.69) is 10.6 Å². The third kappa shape index (κ3) is 4.67. The summed E-state index contributed by atoms with van der Waals surface area (Å²) in [6.45, 7) is 4.74. The van der Waals surface area contributed by atoms with Gasteiger partial charge in [0.15, 0.2) is 0 Å². The van der Waals surface area contributed by atoms with Gasteiger partial charge in [0.2, 0.25) is 0 Å². The molecule has 0 spiro atoms. The second-order valence-electron chi connectivity index (χ2n) is 4.95. The fourth-order valence-corrected chi connectivity index (χ4v) is 2.16. The Bertz CT molecular complexity index is 621. The molecule has 0 aliphatic rings. The summed E-state index contributed by atoms with van der Waals surface area (Å²) in [4.78, 5) is 11.9. The minimum atomic E-state index is -0.239. The maximum absolute atomic E-state index is 11.9. The molecule has 0 saturated heterocycles. The second-order valence-corrected chi connectivity index (χ2v) is 5.39. The number of carbonyl (C=O) groups is 1. The predicted octanol–water partition coefficient (Wildman–Crippen LogP) is 4.16. The summed E-state index contributed by atoms with van der Waals surface area (Å²) < 4.78 is 5.51. The Hall–Kier alpha value is -2.20. The highest BCUT2D eigenvalue weighted by Crippen LogP contribution is 2.19. The minimum Gasteiger partial charge on any atom is -0.492 e. The number of urea groups is 1. The van der Waals surface area contributed by atoms with Crippen molar-refractivity contribution in [2.75, 3.05) is 18.5 Å². The van der Waals surface area contributed by atoms with Crippen molar-refractivity contribution in [3.63, 3.8) is 0 Å². The number of halogens is 1. The highest BCUT2D eigenvalue weighted by atomic mass is 35.5. The second kappa shape index (κ2) is 7.71. The highest BCUT2D eigenvalue weighted by molar-refractivity contribution is 6.30. The van der Waals surface area contributed by atoms with Crippen LogP contribution in [0.4, 0.5) is 10.5 Å². The van der Waals surface area contributed by atoms with Crippen LogP contribution in [0.5, 0.6) is 5.75 Å². The molecule has 0 aliphatic heterocycles. The van der Waals surface area contributed by atoms with Gasteiger partial charge in [-0.15, -0.1) is 0 Å². The molecule has 4 nitrogen and oxygen atoms in total. The number of benzene rings is 2. The molecule has 116 valence electrons. The lowest BCUT2D eigenvalue weighted by molar-refractivity contribution is 0.247. The number of aryl methyl sites for hydroxylation is 2. The summed E-state index contributed by atoms with van der Waals surface area (Å²) in [5, 5.41) is 6.29. The summed E-state index contributed by atoms with van der Waals surface area (Å²) in [6, 6.07) is 12.8. The van der Waals surface area contributed by atoms with Gasteiger partial charge >= 0.3 is 6.03 Å². The van der Waals surface area contributed by atoms with Gasteiger partial charge in [0.05, 0.1) is 6.54 Å². The Morgan fingerprint density at radius 1 is 1.09 bits per heavy atom. The zero-order valence-corrected chi connectivity index (χ0v) is 13.4. The van der Waals surface area contributed by atoms with Crippen molar-refractivity contribution in [3.8, 4) is 5.75 Å². The number of amides is 2. The van der Waals surface area contributed by atoms with E-state index in [1.54, 1.807) is 24.3 Å². The quantitative estimate of drug-likeness (QED) is 0.813. The molecule has 0 aliphatic carbocycles. The molecular weight excluding hydrogens is 300 g/mol. The Balaban J connectivity index is 1.75. The standard InChI is InChI=1S/C17H19ClN2O2/c1-12-4-3-5-13(2)16(12)20-17(21)19-10-11-22-15-8-6-14(18)7-9-15/h3-9H,10-11H2,1-2H3,(H2,19,20,21). The molecule has 0 fully saturated rings. The van der Waals surface area contributed by atoms with E-state index in [1.807, 2.05) is 32.0 Å². The molecule has 0 saturated carbocycles. The van der Waals surface area contributed by atoms with Gasteiger partial charge in [0.1, 0.15) is 12.4 Å². The molecule has 0 bridgehead atoms. The van der Waals surface area contributed by atoms with Gasteiger partial charge in [-0.05, 0) is 49.2 Å². The number of anilines is 1. The topological polar surface area (TPSA) is 50.4 Å². The maximum atomic E-state index is 11.9. The number of rotatable bonds is 5. The van der Waals surface area contributed by atoms with Crippen molar-refractivity contribution >= 4 is 23.3 Å². The van der Waals surface area contributed by atoms with Crippen LogP contribution in [0.3, 0.4) is 0 Å². The van der Waals surface area contributed by atoms with Crippen LogP contribution in [0.25, 0.3) is 0 Å². The van der Waals surface area contributed by atoms with Gasteiger partial charge in [0.25, 0.3) is 0 Å². The number of para-hydroxylation sites is 1. The molecule has 0 heterocycles. The van der Waals surface area contributed by atoms with Gasteiger partial charge in [-0.3, -0.25) is 0 Å². The predicted molar refractivity (Wildman–Crippen MR) is 89.9 cm³/mol. The SMILES string of the molecule is Cc1cccc(C)c1NC(=O)NCCOc1ccc(Cl)cc1. The first kappa shape index (κ1) is 16.2. The van der Waals surface area contributed by atoms with Crippen molar-refractivity contribution in [2.45, 2.75) is 13.8 Å². The largest absolute Gasteiger partial charge is 0.492 e. The van der Waals surface area contributed by atoms with Crippen LogP contribution in [0.2, 0.25) is 5.02 Å². The fourth-order valence-electron chi connectivity index (χ4n) is 2.03. The number of carbonyl (C=O) groups excluding carboxylic acids is 1. The van der Waals surface area contributed by atoms with Gasteiger partial charge < -0.3 is 15.4 Å². The average Bonchev–Trinajstić information content (AvgIpc) is 2.49. The van der Waals surface area contributed by atoms with Gasteiger partial charge in [0, 0.05) is 10.7 Å². The van der Waals surface area contributed by atoms with Crippen LogP contribution in [0.1, 0.15) is 11.1 Å². The van der Waals surface area contributed by atoms with E-state index in [9.17, 15) is 4.79 Å². The zero-order valence-electron chi connectivity index (χ0n) is 12.7. The molecule has 5 heteroatoms. The third-order valence-electron chi connectivity index (χ3n) is 3.19. The summed E-state index contributed by atoms with van der Waals surface area (Å²) in [7, 11) is 0. The van der Waals surface area contributed by atoms with Crippen molar-refractivity contribution < 1.29 is 9.53 Å². The smallest absolute Gasteiger partial charge is 0.319 e. The van der Waals surface area contributed by atoms with Crippen LogP contribution < -0.4 is 15.4 Å². The van der Waals surface area contributed by atoms with E-state index in [4.69, 9.17) is 16.3 Å². The lowest BCUT2D eigenvalue weighted by Crippen LogP contribution is -2.32. The number of hydrogen-bond donors (Lipinski definition) is 2. The first-order valence-corrected chi connectivity index (χ1v) is 7.43. The van der Waals surface area contributed by atoms with Crippen molar-refractivity contribution in [3.05, 3.63) is 58.6 Å². The molecule has 2 N–H and O–H groups in total. The monoisotopic (exact) mass is 318 g/mol. The molecule has 0 unspecified atom stereocenters. The molecule has 2 aromatic carbocycles. The summed E-state index contributed by atoms with van der Waals surface area (Å²) in [5.41, 5.74) is 2.92. The molecular formula is C17H19ClN2O2. The molecule has 0 radical (unpaired) electrons. The number of ether oxygens (including phenoxy) is 1. The molecule has 0 aromatic heterocycles. The van der Waals surface area contributed by atoms with Crippen LogP contribution in [0.15, 0.2) is 42.5 Å². The van der Waals surface area contributed by atoms with E-state index in [0.29, 0.717) is 18.2 Å². The van der Waals surface area contributed by atoms with Crippen molar-refractivity contribution in [1.82, 2.24) is 5.32 Å². The van der Waals surface area contributed by atoms with Crippen LogP contribution in [-0.2, 0) is 0 Å². The first-order chi connectivity index (χ1) is 10.6. The van der Waals surface area contributed by atoms with Gasteiger partial charge in [-0.1, -0.05) is 29.8 Å².